The third-order valence-electron chi connectivity index (χ3n) is 4.08. The van der Waals surface area contributed by atoms with Gasteiger partial charge in [0, 0.05) is 24.8 Å². The molecule has 1 aliphatic rings. The molecule has 3 atom stereocenters. The summed E-state index contributed by atoms with van der Waals surface area (Å²) in [5.74, 6) is 0. The molecule has 3 unspecified atom stereocenters. The predicted molar refractivity (Wildman–Crippen MR) is 98.1 cm³/mol. The Bertz CT molecular complexity index is 625. The van der Waals surface area contributed by atoms with Gasteiger partial charge in [-0.15, -0.1) is 0 Å². The van der Waals surface area contributed by atoms with Crippen molar-refractivity contribution >= 4 is 11.7 Å². The van der Waals surface area contributed by atoms with Crippen molar-refractivity contribution in [2.45, 2.75) is 38.0 Å². The first-order valence-corrected chi connectivity index (χ1v) is 8.78. The first kappa shape index (κ1) is 21.4. The molecule has 0 saturated carbocycles. The van der Waals surface area contributed by atoms with Crippen molar-refractivity contribution in [2.75, 3.05) is 32.5 Å². The molecule has 1 saturated heterocycles. The van der Waals surface area contributed by atoms with Gasteiger partial charge < -0.3 is 20.9 Å². The van der Waals surface area contributed by atoms with Crippen LogP contribution in [-0.2, 0) is 6.18 Å². The lowest BCUT2D eigenvalue weighted by Crippen LogP contribution is -2.68. The topological polar surface area (TPSA) is 80.5 Å². The Morgan fingerprint density at radius 2 is 2.04 bits per heavy atom. The summed E-state index contributed by atoms with van der Waals surface area (Å²) in [5.41, 5.74) is -0.736. The fraction of sp³-hybridized carbons (Fsp3) is 0.588. The van der Waals surface area contributed by atoms with E-state index in [0.29, 0.717) is 0 Å². The van der Waals surface area contributed by atoms with E-state index in [0.717, 1.165) is 31.6 Å². The van der Waals surface area contributed by atoms with E-state index in [1.807, 2.05) is 21.0 Å². The van der Waals surface area contributed by atoms with Crippen LogP contribution in [-0.4, -0.2) is 56.6 Å². The largest absolute Gasteiger partial charge is 0.416 e. The Hall–Kier alpha value is -1.88. The zero-order valence-corrected chi connectivity index (χ0v) is 15.7. The van der Waals surface area contributed by atoms with Crippen LogP contribution < -0.4 is 26.6 Å². The number of hydrogen-bond acceptors (Lipinski definition) is 5. The number of nitrogens with zero attached hydrogens (tertiary/aromatic N) is 1. The van der Waals surface area contributed by atoms with Gasteiger partial charge in [0.05, 0.1) is 11.7 Å². The Balaban J connectivity index is 1.87. The maximum atomic E-state index is 12.8. The predicted octanol–water partition coefficient (Wildman–Crippen LogP) is 1.56. The standard InChI is InChI=1S/C17H27F3N6O/c1-11-9-14(21-7-8-26(2)3)24-15(22-11)25-16(27)23-13-6-4-5-12(10-13)17(18,19)20/h4-6,10-11,14-15,21-22,24H,7-9H2,1-3H3,(H2,23,25,27). The van der Waals surface area contributed by atoms with Crippen molar-refractivity contribution in [3.8, 4) is 0 Å². The van der Waals surface area contributed by atoms with E-state index >= 15 is 0 Å². The molecule has 10 heteroatoms. The molecule has 2 amide bonds. The van der Waals surface area contributed by atoms with E-state index in [1.165, 1.54) is 12.1 Å². The first-order valence-electron chi connectivity index (χ1n) is 8.78. The minimum Gasteiger partial charge on any atom is -0.310 e. The summed E-state index contributed by atoms with van der Waals surface area (Å²) < 4.78 is 38.3. The van der Waals surface area contributed by atoms with Crippen LogP contribution in [0.1, 0.15) is 18.9 Å². The lowest BCUT2D eigenvalue weighted by Gasteiger charge is -2.37. The van der Waals surface area contributed by atoms with Crippen LogP contribution in [0.15, 0.2) is 24.3 Å². The summed E-state index contributed by atoms with van der Waals surface area (Å²) in [5, 5.41) is 14.9. The summed E-state index contributed by atoms with van der Waals surface area (Å²) in [6.07, 6.45) is -4.11. The van der Waals surface area contributed by atoms with Gasteiger partial charge in [0.1, 0.15) is 6.29 Å². The smallest absolute Gasteiger partial charge is 0.310 e. The normalized spacial score (nSPS) is 23.3. The molecule has 5 N–H and O–H groups in total. The lowest BCUT2D eigenvalue weighted by atomic mass is 10.1. The Kier molecular flexibility index (Phi) is 7.42. The van der Waals surface area contributed by atoms with Crippen LogP contribution in [0.5, 0.6) is 0 Å². The Labute approximate surface area is 157 Å². The number of rotatable bonds is 6. The highest BCUT2D eigenvalue weighted by Gasteiger charge is 2.30. The van der Waals surface area contributed by atoms with Crippen LogP contribution >= 0.6 is 0 Å². The highest BCUT2D eigenvalue weighted by Crippen LogP contribution is 2.30. The number of nitrogens with one attached hydrogen (secondary N) is 5. The van der Waals surface area contributed by atoms with Gasteiger partial charge in [-0.25, -0.2) is 4.79 Å². The van der Waals surface area contributed by atoms with Gasteiger partial charge in [-0.3, -0.25) is 10.6 Å². The fourth-order valence-corrected chi connectivity index (χ4v) is 2.78. The number of carbonyl (C=O) groups is 1. The van der Waals surface area contributed by atoms with Crippen molar-refractivity contribution < 1.29 is 18.0 Å². The lowest BCUT2D eigenvalue weighted by molar-refractivity contribution is -0.137. The van der Waals surface area contributed by atoms with Gasteiger partial charge >= 0.3 is 12.2 Å². The molecule has 0 spiro atoms. The minimum absolute atomic E-state index is 0.0139. The number of alkyl halides is 3. The van der Waals surface area contributed by atoms with Crippen LogP contribution in [0, 0.1) is 0 Å². The average molecular weight is 388 g/mol. The highest BCUT2D eigenvalue weighted by molar-refractivity contribution is 5.89. The number of amides is 2. The number of hydrogen-bond donors (Lipinski definition) is 5. The minimum atomic E-state index is -4.46. The molecule has 0 bridgehead atoms. The molecule has 0 radical (unpaired) electrons. The SMILES string of the molecule is CC1CC(NCCN(C)C)NC(NC(=O)Nc2cccc(C(F)(F)F)c2)N1. The van der Waals surface area contributed by atoms with Gasteiger partial charge in [0.15, 0.2) is 0 Å². The first-order chi connectivity index (χ1) is 12.6. The second kappa shape index (κ2) is 9.36. The van der Waals surface area contributed by atoms with E-state index in [1.54, 1.807) is 0 Å². The highest BCUT2D eigenvalue weighted by atomic mass is 19.4. The van der Waals surface area contributed by atoms with Crippen molar-refractivity contribution in [3.63, 3.8) is 0 Å². The number of carbonyl (C=O) groups excluding carboxylic acids is 1. The third-order valence-corrected chi connectivity index (χ3v) is 4.08. The molecule has 1 aromatic rings. The quantitative estimate of drug-likeness (QED) is 0.511. The maximum absolute atomic E-state index is 12.8. The fourth-order valence-electron chi connectivity index (χ4n) is 2.78. The third kappa shape index (κ3) is 7.33. The molecule has 1 fully saturated rings. The summed E-state index contributed by atoms with van der Waals surface area (Å²) in [6, 6.07) is 4.07. The average Bonchev–Trinajstić information content (AvgIpc) is 2.53. The van der Waals surface area contributed by atoms with E-state index < -0.39 is 24.1 Å². The Morgan fingerprint density at radius 3 is 2.70 bits per heavy atom. The number of halogens is 3. The summed E-state index contributed by atoms with van der Waals surface area (Å²) in [4.78, 5) is 14.2. The second-order valence-corrected chi connectivity index (χ2v) is 6.89. The number of urea groups is 1. The van der Waals surface area contributed by atoms with E-state index in [4.69, 9.17) is 0 Å². The zero-order valence-electron chi connectivity index (χ0n) is 15.7. The Morgan fingerprint density at radius 1 is 1.30 bits per heavy atom. The van der Waals surface area contributed by atoms with Crippen LogP contribution in [0.4, 0.5) is 23.7 Å². The monoisotopic (exact) mass is 388 g/mol. The van der Waals surface area contributed by atoms with E-state index in [9.17, 15) is 18.0 Å². The van der Waals surface area contributed by atoms with E-state index in [2.05, 4.69) is 31.5 Å². The summed E-state index contributed by atoms with van der Waals surface area (Å²) >= 11 is 0. The van der Waals surface area contributed by atoms with Crippen molar-refractivity contribution in [1.29, 1.82) is 0 Å². The molecule has 0 aliphatic carbocycles. The van der Waals surface area contributed by atoms with Crippen LogP contribution in [0.25, 0.3) is 0 Å². The van der Waals surface area contributed by atoms with Gasteiger partial charge in [0.2, 0.25) is 0 Å². The number of anilines is 1. The van der Waals surface area contributed by atoms with Gasteiger partial charge in [-0.2, -0.15) is 13.2 Å². The zero-order chi connectivity index (χ0) is 20.0. The second-order valence-electron chi connectivity index (χ2n) is 6.89. The molecule has 0 aromatic heterocycles. The molecule has 27 heavy (non-hydrogen) atoms. The van der Waals surface area contributed by atoms with E-state index in [-0.39, 0.29) is 17.9 Å². The van der Waals surface area contributed by atoms with Crippen molar-refractivity contribution in [1.82, 2.24) is 26.2 Å². The number of benzene rings is 1. The molecule has 1 aliphatic heterocycles. The van der Waals surface area contributed by atoms with Gasteiger partial charge in [-0.05, 0) is 45.6 Å². The molecular weight excluding hydrogens is 361 g/mol. The summed E-state index contributed by atoms with van der Waals surface area (Å²) in [7, 11) is 3.98. The maximum Gasteiger partial charge on any atom is 0.416 e. The molecule has 1 aromatic carbocycles. The van der Waals surface area contributed by atoms with Crippen molar-refractivity contribution in [2.24, 2.45) is 0 Å². The molecule has 152 valence electrons. The molecule has 1 heterocycles. The van der Waals surface area contributed by atoms with Crippen LogP contribution in [0.3, 0.4) is 0 Å². The summed E-state index contributed by atoms with van der Waals surface area (Å²) in [6.45, 7) is 3.68. The molecule has 7 nitrogen and oxygen atoms in total. The van der Waals surface area contributed by atoms with Crippen LogP contribution in [0.2, 0.25) is 0 Å². The van der Waals surface area contributed by atoms with Gasteiger partial charge in [0.25, 0.3) is 0 Å². The molecule has 2 rings (SSSR count). The molecular formula is C17H27F3N6O. The number of likely N-dealkylation sites (N-methyl/N-ethyl adjacent to an activating group) is 1. The van der Waals surface area contributed by atoms with Gasteiger partial charge in [-0.1, -0.05) is 6.07 Å². The van der Waals surface area contributed by atoms with Crippen molar-refractivity contribution in [3.05, 3.63) is 29.8 Å².